The highest BCUT2D eigenvalue weighted by atomic mass is 79.9. The zero-order chi connectivity index (χ0) is 14.7. The van der Waals surface area contributed by atoms with Crippen LogP contribution >= 0.6 is 15.9 Å². The Bertz CT molecular complexity index is 527. The molecule has 1 heterocycles. The lowest BCUT2D eigenvalue weighted by molar-refractivity contribution is -0.385. The van der Waals surface area contributed by atoms with Gasteiger partial charge in [0, 0.05) is 12.6 Å². The molecule has 108 valence electrons. The standard InChI is InChI=1S/C13H15BrN2O4/c14-12-10(2-1-3-11(12)16(19)20)8-15-6-4-9(5-7-15)13(17)18/h1-3,9H,4-8H2,(H,17,18). The molecule has 1 aromatic carbocycles. The van der Waals surface area contributed by atoms with Crippen molar-refractivity contribution >= 4 is 27.6 Å². The predicted octanol–water partition coefficient (Wildman–Crippen LogP) is 2.65. The van der Waals surface area contributed by atoms with E-state index in [1.807, 2.05) is 6.07 Å². The van der Waals surface area contributed by atoms with Gasteiger partial charge in [-0.2, -0.15) is 0 Å². The third-order valence-corrected chi connectivity index (χ3v) is 4.50. The van der Waals surface area contributed by atoms with Gasteiger partial charge >= 0.3 is 5.97 Å². The van der Waals surface area contributed by atoms with E-state index in [4.69, 9.17) is 5.11 Å². The number of carboxylic acids is 1. The summed E-state index contributed by atoms with van der Waals surface area (Å²) in [5.74, 6) is -0.999. The van der Waals surface area contributed by atoms with E-state index in [1.165, 1.54) is 6.07 Å². The Hall–Kier alpha value is -1.47. The lowest BCUT2D eigenvalue weighted by Gasteiger charge is -2.30. The van der Waals surface area contributed by atoms with Gasteiger partial charge in [0.15, 0.2) is 0 Å². The number of nitro benzene ring substituents is 1. The number of rotatable bonds is 4. The molecule has 1 aromatic rings. The number of likely N-dealkylation sites (tertiary alicyclic amines) is 1. The van der Waals surface area contributed by atoms with Crippen molar-refractivity contribution in [3.63, 3.8) is 0 Å². The van der Waals surface area contributed by atoms with Crippen molar-refractivity contribution in [1.29, 1.82) is 0 Å². The Morgan fingerprint density at radius 3 is 2.65 bits per heavy atom. The number of piperidine rings is 1. The van der Waals surface area contributed by atoms with Gasteiger partial charge in [0.25, 0.3) is 5.69 Å². The number of nitrogens with zero attached hydrogens (tertiary/aromatic N) is 2. The highest BCUT2D eigenvalue weighted by molar-refractivity contribution is 9.10. The first-order valence-corrected chi connectivity index (χ1v) is 7.15. The third-order valence-electron chi connectivity index (χ3n) is 3.59. The fraction of sp³-hybridized carbons (Fsp3) is 0.462. The smallest absolute Gasteiger partial charge is 0.306 e. The second kappa shape index (κ2) is 6.32. The molecule has 0 atom stereocenters. The van der Waals surface area contributed by atoms with Crippen molar-refractivity contribution in [3.05, 3.63) is 38.3 Å². The molecule has 0 bridgehead atoms. The average molecular weight is 343 g/mol. The lowest BCUT2D eigenvalue weighted by atomic mass is 9.97. The van der Waals surface area contributed by atoms with Crippen molar-refractivity contribution in [3.8, 4) is 0 Å². The molecule has 0 amide bonds. The SMILES string of the molecule is O=C(O)C1CCN(Cc2cccc([N+](=O)[O-])c2Br)CC1. The minimum Gasteiger partial charge on any atom is -0.481 e. The zero-order valence-electron chi connectivity index (χ0n) is 10.8. The fourth-order valence-electron chi connectivity index (χ4n) is 2.41. The molecule has 0 radical (unpaired) electrons. The highest BCUT2D eigenvalue weighted by Crippen LogP contribution is 2.30. The van der Waals surface area contributed by atoms with Crippen LogP contribution in [0.3, 0.4) is 0 Å². The summed E-state index contributed by atoms with van der Waals surface area (Å²) in [4.78, 5) is 23.5. The van der Waals surface area contributed by atoms with Crippen LogP contribution in [0.1, 0.15) is 18.4 Å². The van der Waals surface area contributed by atoms with Gasteiger partial charge < -0.3 is 5.11 Å². The maximum absolute atomic E-state index is 10.9. The summed E-state index contributed by atoms with van der Waals surface area (Å²) in [6.45, 7) is 1.99. The van der Waals surface area contributed by atoms with E-state index in [2.05, 4.69) is 20.8 Å². The Morgan fingerprint density at radius 2 is 2.10 bits per heavy atom. The van der Waals surface area contributed by atoms with E-state index in [9.17, 15) is 14.9 Å². The van der Waals surface area contributed by atoms with Crippen LogP contribution in [0.2, 0.25) is 0 Å². The Morgan fingerprint density at radius 1 is 1.45 bits per heavy atom. The van der Waals surface area contributed by atoms with Crippen LogP contribution in [-0.2, 0) is 11.3 Å². The van der Waals surface area contributed by atoms with Crippen LogP contribution in [0, 0.1) is 16.0 Å². The van der Waals surface area contributed by atoms with Gasteiger partial charge in [0.05, 0.1) is 15.3 Å². The minimum atomic E-state index is -0.735. The van der Waals surface area contributed by atoms with E-state index < -0.39 is 10.9 Å². The Balaban J connectivity index is 2.03. The molecule has 0 aromatic heterocycles. The van der Waals surface area contributed by atoms with E-state index in [-0.39, 0.29) is 11.6 Å². The summed E-state index contributed by atoms with van der Waals surface area (Å²) >= 11 is 3.28. The van der Waals surface area contributed by atoms with Crippen LogP contribution in [0.5, 0.6) is 0 Å². The monoisotopic (exact) mass is 342 g/mol. The molecule has 0 unspecified atom stereocenters. The molecular weight excluding hydrogens is 328 g/mol. The van der Waals surface area contributed by atoms with Gasteiger partial charge in [-0.25, -0.2) is 0 Å². The number of hydrogen-bond donors (Lipinski definition) is 1. The van der Waals surface area contributed by atoms with Crippen molar-refractivity contribution in [2.75, 3.05) is 13.1 Å². The molecule has 2 rings (SSSR count). The molecule has 1 fully saturated rings. The minimum absolute atomic E-state index is 0.0583. The maximum atomic E-state index is 10.9. The molecule has 7 heteroatoms. The third kappa shape index (κ3) is 3.34. The van der Waals surface area contributed by atoms with Gasteiger partial charge in [-0.05, 0) is 47.4 Å². The quantitative estimate of drug-likeness (QED) is 0.671. The van der Waals surface area contributed by atoms with Gasteiger partial charge in [-0.3, -0.25) is 19.8 Å². The number of carbonyl (C=O) groups is 1. The molecule has 0 saturated carbocycles. The Kier molecular flexibility index (Phi) is 4.72. The molecule has 0 spiro atoms. The van der Waals surface area contributed by atoms with Crippen LogP contribution in [-0.4, -0.2) is 34.0 Å². The highest BCUT2D eigenvalue weighted by Gasteiger charge is 2.25. The molecule has 1 N–H and O–H groups in total. The zero-order valence-corrected chi connectivity index (χ0v) is 12.4. The van der Waals surface area contributed by atoms with Crippen molar-refractivity contribution < 1.29 is 14.8 Å². The normalized spacial score (nSPS) is 17.1. The first kappa shape index (κ1) is 14.9. The molecule has 20 heavy (non-hydrogen) atoms. The van der Waals surface area contributed by atoms with Gasteiger partial charge in [0.2, 0.25) is 0 Å². The second-order valence-electron chi connectivity index (χ2n) is 4.90. The average Bonchev–Trinajstić information content (AvgIpc) is 2.41. The number of aliphatic carboxylic acids is 1. The van der Waals surface area contributed by atoms with Gasteiger partial charge in [0.1, 0.15) is 0 Å². The maximum Gasteiger partial charge on any atom is 0.306 e. The van der Waals surface area contributed by atoms with Crippen LogP contribution in [0.4, 0.5) is 5.69 Å². The van der Waals surface area contributed by atoms with Crippen LogP contribution < -0.4 is 0 Å². The fourth-order valence-corrected chi connectivity index (χ4v) is 2.94. The van der Waals surface area contributed by atoms with Crippen molar-refractivity contribution in [2.24, 2.45) is 5.92 Å². The lowest BCUT2D eigenvalue weighted by Crippen LogP contribution is -2.35. The van der Waals surface area contributed by atoms with E-state index >= 15 is 0 Å². The largest absolute Gasteiger partial charge is 0.481 e. The first-order valence-electron chi connectivity index (χ1n) is 6.36. The molecule has 6 nitrogen and oxygen atoms in total. The van der Waals surface area contributed by atoms with Crippen molar-refractivity contribution in [1.82, 2.24) is 4.90 Å². The predicted molar refractivity (Wildman–Crippen MR) is 76.4 cm³/mol. The topological polar surface area (TPSA) is 83.7 Å². The molecule has 1 saturated heterocycles. The molecular formula is C13H15BrN2O4. The van der Waals surface area contributed by atoms with E-state index in [0.29, 0.717) is 36.9 Å². The second-order valence-corrected chi connectivity index (χ2v) is 5.69. The summed E-state index contributed by atoms with van der Waals surface area (Å²) < 4.78 is 0.505. The van der Waals surface area contributed by atoms with Crippen LogP contribution in [0.25, 0.3) is 0 Å². The van der Waals surface area contributed by atoms with E-state index in [1.54, 1.807) is 6.07 Å². The van der Waals surface area contributed by atoms with Gasteiger partial charge in [-0.1, -0.05) is 12.1 Å². The number of carboxylic acid groups (broad SMARTS) is 1. The summed E-state index contributed by atoms with van der Waals surface area (Å²) in [6.07, 6.45) is 1.25. The number of benzene rings is 1. The summed E-state index contributed by atoms with van der Waals surface area (Å²) in [5, 5.41) is 19.8. The molecule has 1 aliphatic rings. The molecule has 0 aliphatic carbocycles. The number of hydrogen-bond acceptors (Lipinski definition) is 4. The number of nitro groups is 1. The summed E-state index contributed by atoms with van der Waals surface area (Å²) in [6, 6.07) is 4.98. The Labute approximate surface area is 124 Å². The van der Waals surface area contributed by atoms with Gasteiger partial charge in [-0.15, -0.1) is 0 Å². The first-order chi connectivity index (χ1) is 9.49. The van der Waals surface area contributed by atoms with E-state index in [0.717, 1.165) is 5.56 Å². The summed E-state index contributed by atoms with van der Waals surface area (Å²) in [7, 11) is 0. The molecule has 1 aliphatic heterocycles. The van der Waals surface area contributed by atoms with Crippen molar-refractivity contribution in [2.45, 2.75) is 19.4 Å². The number of halogens is 1. The van der Waals surface area contributed by atoms with Crippen LogP contribution in [0.15, 0.2) is 22.7 Å². The summed E-state index contributed by atoms with van der Waals surface area (Å²) in [5.41, 5.74) is 0.913.